The smallest absolute Gasteiger partial charge is 0.178 e. The van der Waals surface area contributed by atoms with E-state index in [1.807, 2.05) is 0 Å². The third-order valence-electron chi connectivity index (χ3n) is 12.4. The van der Waals surface area contributed by atoms with Crippen LogP contribution in [0, 0.1) is 47.5 Å². The molecule has 284 valence electrons. The molecule has 1 aliphatic rings. The molecule has 0 aromatic heterocycles. The molecule has 0 aliphatic heterocycles. The molecule has 4 rings (SSSR count). The van der Waals surface area contributed by atoms with E-state index in [4.69, 9.17) is 0 Å². The molecule has 1 unspecified atom stereocenters. The molecule has 0 saturated heterocycles. The summed E-state index contributed by atoms with van der Waals surface area (Å²) in [5.41, 5.74) is 20.4. The minimum absolute atomic E-state index is 0.283. The first-order valence-electron chi connectivity index (χ1n) is 18.8. The zero-order valence-corrected chi connectivity index (χ0v) is 38.0. The number of nitrogens with zero attached hydrogens (tertiary/aromatic N) is 6. The van der Waals surface area contributed by atoms with Gasteiger partial charge in [0, 0.05) is 119 Å². The molecular formula is C45H70N6Si. The van der Waals surface area contributed by atoms with E-state index in [-0.39, 0.29) is 5.92 Å². The summed E-state index contributed by atoms with van der Waals surface area (Å²) in [5, 5.41) is 6.23. The lowest BCUT2D eigenvalue weighted by atomic mass is 10.0. The normalized spacial score (nSPS) is 14.8. The van der Waals surface area contributed by atoms with Crippen LogP contribution in [0.25, 0.3) is 0 Å². The van der Waals surface area contributed by atoms with Gasteiger partial charge in [0.05, 0.1) is 0 Å². The fourth-order valence-electron chi connectivity index (χ4n) is 9.87. The van der Waals surface area contributed by atoms with Gasteiger partial charge in [-0.2, -0.15) is 0 Å². The van der Waals surface area contributed by atoms with Gasteiger partial charge >= 0.3 is 0 Å². The molecule has 52 heavy (non-hydrogen) atoms. The van der Waals surface area contributed by atoms with E-state index >= 15 is 0 Å². The third-order valence-corrected chi connectivity index (χ3v) is 18.6. The van der Waals surface area contributed by atoms with E-state index in [0.717, 1.165) is 0 Å². The first kappa shape index (κ1) is 40.9. The quantitative estimate of drug-likeness (QED) is 0.161. The van der Waals surface area contributed by atoms with Gasteiger partial charge in [-0.25, -0.2) is 0 Å². The lowest BCUT2D eigenvalue weighted by Crippen LogP contribution is -2.73. The van der Waals surface area contributed by atoms with E-state index in [9.17, 15) is 0 Å². The zero-order chi connectivity index (χ0) is 39.6. The molecule has 0 radical (unpaired) electrons. The highest BCUT2D eigenvalue weighted by Crippen LogP contribution is 2.46. The lowest BCUT2D eigenvalue weighted by molar-refractivity contribution is 0.851. The van der Waals surface area contributed by atoms with Crippen LogP contribution in [0.1, 0.15) is 61.1 Å². The van der Waals surface area contributed by atoms with Crippen LogP contribution in [-0.4, -0.2) is 92.6 Å². The van der Waals surface area contributed by atoms with Gasteiger partial charge in [0.25, 0.3) is 0 Å². The van der Waals surface area contributed by atoms with Gasteiger partial charge in [-0.1, -0.05) is 23.3 Å². The third kappa shape index (κ3) is 6.11. The second-order valence-corrected chi connectivity index (χ2v) is 20.3. The summed E-state index contributed by atoms with van der Waals surface area (Å²) in [6.45, 7) is 24.2. The van der Waals surface area contributed by atoms with Crippen molar-refractivity contribution in [3.05, 3.63) is 73.5 Å². The molecule has 6 nitrogen and oxygen atoms in total. The Morgan fingerprint density at radius 2 is 0.577 bits per heavy atom. The Balaban J connectivity index is 2.69. The fourth-order valence-corrected chi connectivity index (χ4v) is 17.2. The van der Waals surface area contributed by atoms with Crippen molar-refractivity contribution in [2.45, 2.75) is 69.2 Å². The van der Waals surface area contributed by atoms with E-state index < -0.39 is 8.07 Å². The number of allylic oxidation sites excluding steroid dienone is 4. The highest BCUT2D eigenvalue weighted by molar-refractivity contribution is 7.17. The Morgan fingerprint density at radius 3 is 0.731 bits per heavy atom. The van der Waals surface area contributed by atoms with Crippen LogP contribution in [0.15, 0.2) is 40.1 Å². The molecule has 1 aliphatic carbocycles. The van der Waals surface area contributed by atoms with Gasteiger partial charge in [0.1, 0.15) is 0 Å². The van der Waals surface area contributed by atoms with Crippen LogP contribution in [0.3, 0.4) is 0 Å². The number of rotatable bonds is 10. The number of hydrogen-bond donors (Lipinski definition) is 0. The summed E-state index contributed by atoms with van der Waals surface area (Å²) in [4.78, 5) is 14.0. The van der Waals surface area contributed by atoms with E-state index in [1.165, 1.54) is 99.8 Å². The molecule has 0 saturated carbocycles. The Bertz CT molecular complexity index is 1680. The van der Waals surface area contributed by atoms with Crippen LogP contribution in [-0.2, 0) is 0 Å². The van der Waals surface area contributed by atoms with Gasteiger partial charge in [0.15, 0.2) is 8.07 Å². The Morgan fingerprint density at radius 1 is 0.365 bits per heavy atom. The fraction of sp³-hybridized carbons (Fsp3) is 0.511. The Hall–Kier alpha value is -3.84. The molecule has 0 heterocycles. The average molecular weight is 723 g/mol. The maximum atomic E-state index is 2.50. The monoisotopic (exact) mass is 723 g/mol. The molecule has 0 spiro atoms. The van der Waals surface area contributed by atoms with Crippen molar-refractivity contribution in [1.82, 2.24) is 0 Å². The van der Waals surface area contributed by atoms with Crippen molar-refractivity contribution in [3.63, 3.8) is 0 Å². The molecule has 0 amide bonds. The van der Waals surface area contributed by atoms with Crippen molar-refractivity contribution in [1.29, 1.82) is 0 Å². The Kier molecular flexibility index (Phi) is 11.4. The molecule has 3 aromatic carbocycles. The van der Waals surface area contributed by atoms with Gasteiger partial charge in [-0.3, -0.25) is 0 Å². The van der Waals surface area contributed by atoms with Crippen molar-refractivity contribution in [3.8, 4) is 0 Å². The summed E-state index contributed by atoms with van der Waals surface area (Å²) in [6, 6.07) is 7.26. The van der Waals surface area contributed by atoms with E-state index in [1.54, 1.807) is 5.20 Å². The minimum Gasteiger partial charge on any atom is -0.377 e. The standard InChI is InChI=1S/C45H70N6Si/c1-26-27(2)29(4)42(28(26)3)52(43-30(5)36(46(11)12)23-37(31(43)6)47(13)14,44-32(7)38(48(15)16)24-39(33(44)8)49(17)18)45-34(9)40(50(19)20)25-41(35(45)10)51(21)22/h23-25,28H,1-22H3. The van der Waals surface area contributed by atoms with Crippen molar-refractivity contribution >= 4 is 57.8 Å². The number of anilines is 6. The summed E-state index contributed by atoms with van der Waals surface area (Å²) >= 11 is 0. The molecule has 0 fully saturated rings. The Labute approximate surface area is 319 Å². The van der Waals surface area contributed by atoms with Crippen LogP contribution in [0.4, 0.5) is 34.1 Å². The van der Waals surface area contributed by atoms with Crippen LogP contribution >= 0.6 is 0 Å². The summed E-state index contributed by atoms with van der Waals surface area (Å²) in [7, 11) is 23.3. The minimum atomic E-state index is -3.25. The van der Waals surface area contributed by atoms with Crippen molar-refractivity contribution < 1.29 is 0 Å². The molecule has 3 aromatic rings. The van der Waals surface area contributed by atoms with E-state index in [0.29, 0.717) is 0 Å². The van der Waals surface area contributed by atoms with E-state index in [2.05, 4.69) is 201 Å². The molecule has 0 bridgehead atoms. The lowest BCUT2D eigenvalue weighted by Gasteiger charge is -2.46. The highest BCUT2D eigenvalue weighted by Gasteiger charge is 2.54. The summed E-state index contributed by atoms with van der Waals surface area (Å²) < 4.78 is 0. The molecule has 1 atom stereocenters. The summed E-state index contributed by atoms with van der Waals surface area (Å²) in [5.74, 6) is 0.283. The molecule has 7 heteroatoms. The van der Waals surface area contributed by atoms with Crippen LogP contribution in [0.5, 0.6) is 0 Å². The highest BCUT2D eigenvalue weighted by atomic mass is 28.3. The molecular weight excluding hydrogens is 653 g/mol. The predicted octanol–water partition coefficient (Wildman–Crippen LogP) is 7.25. The average Bonchev–Trinajstić information content (AvgIpc) is 3.21. The number of hydrogen-bond acceptors (Lipinski definition) is 6. The maximum Gasteiger partial charge on any atom is 0.178 e. The van der Waals surface area contributed by atoms with Gasteiger partial charge in [-0.05, 0) is 141 Å². The van der Waals surface area contributed by atoms with Gasteiger partial charge < -0.3 is 29.4 Å². The second kappa shape index (κ2) is 14.5. The number of benzene rings is 3. The maximum absolute atomic E-state index is 3.25. The zero-order valence-electron chi connectivity index (χ0n) is 37.0. The largest absolute Gasteiger partial charge is 0.377 e. The second-order valence-electron chi connectivity index (χ2n) is 16.8. The van der Waals surface area contributed by atoms with Gasteiger partial charge in [-0.15, -0.1) is 0 Å². The first-order chi connectivity index (χ1) is 24.0. The predicted molar refractivity (Wildman–Crippen MR) is 239 cm³/mol. The van der Waals surface area contributed by atoms with Crippen LogP contribution in [0.2, 0.25) is 0 Å². The summed E-state index contributed by atoms with van der Waals surface area (Å²) in [6.07, 6.45) is 0. The van der Waals surface area contributed by atoms with Gasteiger partial charge in [0.2, 0.25) is 0 Å². The topological polar surface area (TPSA) is 19.4 Å². The SMILES string of the molecule is CC1=C(C)C(C)C([Si](c2c(C)c(N(C)C)cc(N(C)C)c2C)(c2c(C)c(N(C)C)cc(N(C)C)c2C)c2c(C)c(N(C)C)cc(N(C)C)c2C)=C1C. The first-order valence-corrected chi connectivity index (χ1v) is 20.8. The molecule has 0 N–H and O–H groups in total. The van der Waals surface area contributed by atoms with Crippen molar-refractivity contribution in [2.75, 3.05) is 114 Å². The van der Waals surface area contributed by atoms with Crippen LogP contribution < -0.4 is 45.0 Å². The van der Waals surface area contributed by atoms with Crippen molar-refractivity contribution in [2.24, 2.45) is 5.92 Å².